The number of allylic oxidation sites excluding steroid dienone is 1. The highest BCUT2D eigenvalue weighted by Gasteiger charge is 2.21. The zero-order chi connectivity index (χ0) is 26.5. The highest BCUT2D eigenvalue weighted by Crippen LogP contribution is 2.48. The smallest absolute Gasteiger partial charge is 0.185 e. The van der Waals surface area contributed by atoms with Crippen LogP contribution >= 0.6 is 58.0 Å². The molecule has 0 aliphatic carbocycles. The van der Waals surface area contributed by atoms with Gasteiger partial charge in [-0.25, -0.2) is 0 Å². The zero-order valence-corrected chi connectivity index (χ0v) is 23.5. The third-order valence-corrected chi connectivity index (χ3v) is 8.04. The molecular formula is C27H22Cl5NO4. The predicted molar refractivity (Wildman–Crippen MR) is 152 cm³/mol. The van der Waals surface area contributed by atoms with Crippen LogP contribution in [0.1, 0.15) is 21.5 Å². The minimum atomic E-state index is -0.105. The molecule has 0 bridgehead atoms. The number of morpholine rings is 1. The number of hydrogen-bond acceptors (Lipinski definition) is 5. The number of methoxy groups -OCH3 is 1. The van der Waals surface area contributed by atoms with E-state index in [9.17, 15) is 4.79 Å². The first-order valence-electron chi connectivity index (χ1n) is 11.3. The number of benzene rings is 3. The predicted octanol–water partition coefficient (Wildman–Crippen LogP) is 8.27. The lowest BCUT2D eigenvalue weighted by Gasteiger charge is -2.28. The van der Waals surface area contributed by atoms with Crippen molar-refractivity contribution < 1.29 is 19.0 Å². The van der Waals surface area contributed by atoms with Crippen molar-refractivity contribution in [2.24, 2.45) is 0 Å². The Hall–Kier alpha value is -2.12. The first-order valence-corrected chi connectivity index (χ1v) is 13.2. The van der Waals surface area contributed by atoms with E-state index >= 15 is 0 Å². The molecule has 0 amide bonds. The molecule has 37 heavy (non-hydrogen) atoms. The molecule has 3 aromatic rings. The molecule has 0 unspecified atom stereocenters. The topological polar surface area (TPSA) is 48.0 Å². The van der Waals surface area contributed by atoms with Crippen LogP contribution in [0.3, 0.4) is 0 Å². The van der Waals surface area contributed by atoms with Crippen LogP contribution in [0.2, 0.25) is 25.1 Å². The summed E-state index contributed by atoms with van der Waals surface area (Å²) in [4.78, 5) is 15.0. The first kappa shape index (κ1) is 27.9. The Labute approximate surface area is 240 Å². The van der Waals surface area contributed by atoms with E-state index in [1.807, 2.05) is 36.4 Å². The molecule has 0 N–H and O–H groups in total. The van der Waals surface area contributed by atoms with Gasteiger partial charge in [0, 0.05) is 29.9 Å². The van der Waals surface area contributed by atoms with Crippen LogP contribution in [0.15, 0.2) is 48.5 Å². The Kier molecular flexibility index (Phi) is 9.51. The quantitative estimate of drug-likeness (QED) is 0.113. The van der Waals surface area contributed by atoms with Crippen molar-refractivity contribution >= 4 is 75.6 Å². The fraction of sp³-hybridized carbons (Fsp3) is 0.222. The van der Waals surface area contributed by atoms with Crippen LogP contribution in [-0.4, -0.2) is 39.2 Å². The highest BCUT2D eigenvalue weighted by atomic mass is 35.5. The van der Waals surface area contributed by atoms with Gasteiger partial charge in [-0.05, 0) is 48.0 Å². The molecular weight excluding hydrogens is 580 g/mol. The number of hydrogen-bond donors (Lipinski definition) is 0. The van der Waals surface area contributed by atoms with Crippen molar-refractivity contribution in [1.82, 2.24) is 0 Å². The van der Waals surface area contributed by atoms with E-state index < -0.39 is 0 Å². The summed E-state index contributed by atoms with van der Waals surface area (Å²) in [5, 5.41) is 0.263. The summed E-state index contributed by atoms with van der Waals surface area (Å²) >= 11 is 30.9. The molecule has 4 rings (SSSR count). The fourth-order valence-electron chi connectivity index (χ4n) is 3.80. The van der Waals surface area contributed by atoms with E-state index in [1.165, 1.54) is 6.08 Å². The standard InChI is InChI=1S/C27H22Cl5NO4/c1-35-21-9-3-16(14-18(21)15-37-27-25(31)23(29)22(28)24(30)26(27)32)2-8-20(34)17-4-6-19(7-5-17)33-10-12-36-13-11-33/h2-9,14H,10-13,15H2,1H3/b8-2+. The minimum absolute atomic E-state index is 0.0490. The number of anilines is 1. The van der Waals surface area contributed by atoms with Crippen LogP contribution < -0.4 is 14.4 Å². The maximum Gasteiger partial charge on any atom is 0.185 e. The van der Waals surface area contributed by atoms with Gasteiger partial charge in [-0.2, -0.15) is 0 Å². The number of nitrogens with zero attached hydrogens (tertiary/aromatic N) is 1. The fourth-order valence-corrected chi connectivity index (χ4v) is 5.03. The Morgan fingerprint density at radius 1 is 0.919 bits per heavy atom. The van der Waals surface area contributed by atoms with Crippen LogP contribution in [0.5, 0.6) is 11.5 Å². The molecule has 0 spiro atoms. The third-order valence-electron chi connectivity index (χ3n) is 5.80. The Morgan fingerprint density at radius 3 is 2.16 bits per heavy atom. The molecule has 1 aliphatic rings. The lowest BCUT2D eigenvalue weighted by molar-refractivity contribution is 0.104. The van der Waals surface area contributed by atoms with E-state index in [4.69, 9.17) is 72.2 Å². The number of carbonyl (C=O) groups excluding carboxylic acids is 1. The molecule has 3 aromatic carbocycles. The van der Waals surface area contributed by atoms with Gasteiger partial charge in [-0.15, -0.1) is 0 Å². The molecule has 1 aliphatic heterocycles. The average Bonchev–Trinajstić information content (AvgIpc) is 2.94. The number of ether oxygens (including phenoxy) is 3. The van der Waals surface area contributed by atoms with Crippen LogP contribution in [-0.2, 0) is 11.3 Å². The van der Waals surface area contributed by atoms with E-state index in [0.29, 0.717) is 30.1 Å². The van der Waals surface area contributed by atoms with Crippen LogP contribution in [0.4, 0.5) is 5.69 Å². The molecule has 1 fully saturated rings. The van der Waals surface area contributed by atoms with Gasteiger partial charge < -0.3 is 19.1 Å². The number of rotatable bonds is 8. The Morgan fingerprint density at radius 2 is 1.54 bits per heavy atom. The number of halogens is 5. The molecule has 1 heterocycles. The SMILES string of the molecule is COc1ccc(/C=C/C(=O)c2ccc(N3CCOCC3)cc2)cc1COc1c(Cl)c(Cl)c(Cl)c(Cl)c1Cl. The Balaban J connectivity index is 1.48. The van der Waals surface area contributed by atoms with Crippen molar-refractivity contribution in [2.45, 2.75) is 6.61 Å². The maximum absolute atomic E-state index is 12.8. The summed E-state index contributed by atoms with van der Waals surface area (Å²) in [6.45, 7) is 3.15. The third kappa shape index (κ3) is 6.48. The second-order valence-corrected chi connectivity index (χ2v) is 9.99. The zero-order valence-electron chi connectivity index (χ0n) is 19.7. The second kappa shape index (κ2) is 12.6. The van der Waals surface area contributed by atoms with Crippen molar-refractivity contribution in [3.63, 3.8) is 0 Å². The summed E-state index contributed by atoms with van der Waals surface area (Å²) in [7, 11) is 1.55. The van der Waals surface area contributed by atoms with Gasteiger partial charge in [0.25, 0.3) is 0 Å². The lowest BCUT2D eigenvalue weighted by atomic mass is 10.1. The summed E-state index contributed by atoms with van der Waals surface area (Å²) in [6.07, 6.45) is 3.26. The second-order valence-electron chi connectivity index (χ2n) is 8.10. The minimum Gasteiger partial charge on any atom is -0.496 e. The van der Waals surface area contributed by atoms with Gasteiger partial charge in [0.2, 0.25) is 0 Å². The van der Waals surface area contributed by atoms with Gasteiger partial charge in [0.15, 0.2) is 11.5 Å². The van der Waals surface area contributed by atoms with Crippen molar-refractivity contribution in [3.05, 3.63) is 90.3 Å². The van der Waals surface area contributed by atoms with Crippen molar-refractivity contribution in [2.75, 3.05) is 38.3 Å². The number of ketones is 1. The van der Waals surface area contributed by atoms with Gasteiger partial charge in [0.1, 0.15) is 22.4 Å². The maximum atomic E-state index is 12.8. The molecule has 0 aromatic heterocycles. The van der Waals surface area contributed by atoms with Crippen LogP contribution in [0, 0.1) is 0 Å². The van der Waals surface area contributed by atoms with Crippen molar-refractivity contribution in [1.29, 1.82) is 0 Å². The molecule has 1 saturated heterocycles. The van der Waals surface area contributed by atoms with Gasteiger partial charge in [-0.3, -0.25) is 4.79 Å². The molecule has 5 nitrogen and oxygen atoms in total. The average molecular weight is 602 g/mol. The molecule has 194 valence electrons. The number of carbonyl (C=O) groups is 1. The van der Waals surface area contributed by atoms with Gasteiger partial charge in [0.05, 0.1) is 35.4 Å². The van der Waals surface area contributed by atoms with Crippen LogP contribution in [0.25, 0.3) is 6.08 Å². The van der Waals surface area contributed by atoms with E-state index in [1.54, 1.807) is 19.3 Å². The summed E-state index contributed by atoms with van der Waals surface area (Å²) in [5.74, 6) is 0.591. The summed E-state index contributed by atoms with van der Waals surface area (Å²) in [6, 6.07) is 13.0. The molecule has 0 saturated carbocycles. The summed E-state index contributed by atoms with van der Waals surface area (Å²) < 4.78 is 16.7. The Bertz CT molecular complexity index is 1290. The van der Waals surface area contributed by atoms with Crippen molar-refractivity contribution in [3.8, 4) is 11.5 Å². The van der Waals surface area contributed by atoms with E-state index in [2.05, 4.69) is 4.90 Å². The largest absolute Gasteiger partial charge is 0.496 e. The molecule has 10 heteroatoms. The molecule has 0 atom stereocenters. The van der Waals surface area contributed by atoms with E-state index in [0.717, 1.165) is 24.3 Å². The van der Waals surface area contributed by atoms with E-state index in [-0.39, 0.29) is 43.3 Å². The normalized spacial score (nSPS) is 13.7. The first-order chi connectivity index (χ1) is 17.8. The lowest BCUT2D eigenvalue weighted by Crippen LogP contribution is -2.36. The highest BCUT2D eigenvalue weighted by molar-refractivity contribution is 6.55. The summed E-state index contributed by atoms with van der Waals surface area (Å²) in [5.41, 5.74) is 3.15. The monoisotopic (exact) mass is 599 g/mol. The van der Waals surface area contributed by atoms with Gasteiger partial charge >= 0.3 is 0 Å². The van der Waals surface area contributed by atoms with Gasteiger partial charge in [-0.1, -0.05) is 70.1 Å². The molecule has 0 radical (unpaired) electrons.